The lowest BCUT2D eigenvalue weighted by Crippen LogP contribution is -2.23. The molecule has 0 spiro atoms. The van der Waals surface area contributed by atoms with Crippen molar-refractivity contribution in [2.45, 2.75) is 13.5 Å². The summed E-state index contributed by atoms with van der Waals surface area (Å²) in [6.45, 7) is 2.41. The number of methoxy groups -OCH3 is 2. The molecule has 2 heterocycles. The zero-order chi connectivity index (χ0) is 25.1. The van der Waals surface area contributed by atoms with Crippen molar-refractivity contribution in [2.24, 2.45) is 0 Å². The SMILES string of the molecule is COc1ccc(CNC(=O)c2cc(-c3ccccc3OC)nc3n[nH]c(-c4ccc(C)cc4)c23)cc1. The van der Waals surface area contributed by atoms with Gasteiger partial charge in [-0.25, -0.2) is 4.98 Å². The molecular weight excluding hydrogens is 452 g/mol. The van der Waals surface area contributed by atoms with E-state index in [2.05, 4.69) is 15.5 Å². The summed E-state index contributed by atoms with van der Waals surface area (Å²) < 4.78 is 10.8. The van der Waals surface area contributed by atoms with Crippen molar-refractivity contribution in [2.75, 3.05) is 14.2 Å². The molecule has 0 aliphatic carbocycles. The molecule has 0 saturated heterocycles. The Bertz CT molecular complexity index is 1520. The van der Waals surface area contributed by atoms with E-state index < -0.39 is 0 Å². The fraction of sp³-hybridized carbons (Fsp3) is 0.138. The standard InChI is InChI=1S/C29H26N4O3/c1-18-8-12-20(13-9-18)27-26-23(29(34)30-17-19-10-14-21(35-2)15-11-19)16-24(31-28(26)33-32-27)22-6-4-5-7-25(22)36-3/h4-16H,17H2,1-3H3,(H,30,34)(H,31,32,33). The number of fused-ring (bicyclic) bond motifs is 1. The molecule has 0 saturated carbocycles. The number of nitrogens with one attached hydrogen (secondary N) is 2. The van der Waals surface area contributed by atoms with Crippen LogP contribution in [0, 0.1) is 6.92 Å². The lowest BCUT2D eigenvalue weighted by molar-refractivity contribution is 0.0952. The van der Waals surface area contributed by atoms with E-state index in [-0.39, 0.29) is 5.91 Å². The van der Waals surface area contributed by atoms with Crippen LogP contribution >= 0.6 is 0 Å². The molecule has 0 aliphatic rings. The van der Waals surface area contributed by atoms with Gasteiger partial charge in [-0.15, -0.1) is 0 Å². The maximum Gasteiger partial charge on any atom is 0.252 e. The van der Waals surface area contributed by atoms with Gasteiger partial charge in [-0.05, 0) is 42.8 Å². The van der Waals surface area contributed by atoms with E-state index in [0.717, 1.165) is 33.7 Å². The molecule has 0 radical (unpaired) electrons. The Morgan fingerprint density at radius 1 is 0.944 bits per heavy atom. The largest absolute Gasteiger partial charge is 0.497 e. The van der Waals surface area contributed by atoms with Crippen molar-refractivity contribution in [3.63, 3.8) is 0 Å². The summed E-state index contributed by atoms with van der Waals surface area (Å²) in [5, 5.41) is 11.3. The van der Waals surface area contributed by atoms with Crippen molar-refractivity contribution in [1.29, 1.82) is 0 Å². The average molecular weight is 479 g/mol. The van der Waals surface area contributed by atoms with Gasteiger partial charge in [-0.2, -0.15) is 5.10 Å². The first-order chi connectivity index (χ1) is 17.6. The number of aromatic amines is 1. The molecule has 0 bridgehead atoms. The van der Waals surface area contributed by atoms with Crippen molar-refractivity contribution >= 4 is 16.9 Å². The minimum atomic E-state index is -0.218. The molecule has 5 rings (SSSR count). The summed E-state index contributed by atoms with van der Waals surface area (Å²) in [5.41, 5.74) is 6.13. The van der Waals surface area contributed by atoms with Gasteiger partial charge in [0.05, 0.1) is 36.6 Å². The third-order valence-corrected chi connectivity index (χ3v) is 6.10. The van der Waals surface area contributed by atoms with Crippen LogP contribution in [0.4, 0.5) is 0 Å². The number of H-pyrrole nitrogens is 1. The maximum absolute atomic E-state index is 13.6. The van der Waals surface area contributed by atoms with Crippen LogP contribution in [0.5, 0.6) is 11.5 Å². The second-order valence-electron chi connectivity index (χ2n) is 8.45. The van der Waals surface area contributed by atoms with E-state index in [1.165, 1.54) is 0 Å². The third kappa shape index (κ3) is 4.51. The van der Waals surface area contributed by atoms with Gasteiger partial charge in [-0.1, -0.05) is 54.1 Å². The maximum atomic E-state index is 13.6. The number of ether oxygens (including phenoxy) is 2. The summed E-state index contributed by atoms with van der Waals surface area (Å²) in [5.74, 6) is 1.22. The first-order valence-electron chi connectivity index (χ1n) is 11.6. The van der Waals surface area contributed by atoms with E-state index in [9.17, 15) is 4.79 Å². The van der Waals surface area contributed by atoms with Crippen LogP contribution < -0.4 is 14.8 Å². The summed E-state index contributed by atoms with van der Waals surface area (Å²) in [4.78, 5) is 18.4. The second-order valence-corrected chi connectivity index (χ2v) is 8.45. The molecule has 0 unspecified atom stereocenters. The number of hydrogen-bond acceptors (Lipinski definition) is 5. The summed E-state index contributed by atoms with van der Waals surface area (Å²) >= 11 is 0. The quantitative estimate of drug-likeness (QED) is 0.320. The predicted octanol–water partition coefficient (Wildman–Crippen LogP) is 5.55. The van der Waals surface area contributed by atoms with Gasteiger partial charge < -0.3 is 14.8 Å². The zero-order valence-corrected chi connectivity index (χ0v) is 20.3. The topological polar surface area (TPSA) is 89.1 Å². The van der Waals surface area contributed by atoms with Gasteiger partial charge in [0, 0.05) is 17.7 Å². The van der Waals surface area contributed by atoms with Crippen LogP contribution in [0.3, 0.4) is 0 Å². The van der Waals surface area contributed by atoms with Crippen LogP contribution in [0.1, 0.15) is 21.5 Å². The highest BCUT2D eigenvalue weighted by Gasteiger charge is 2.21. The normalized spacial score (nSPS) is 10.9. The molecule has 0 atom stereocenters. The molecular formula is C29H26N4O3. The Morgan fingerprint density at radius 2 is 1.69 bits per heavy atom. The molecule has 2 aromatic heterocycles. The number of aromatic nitrogens is 3. The Kier molecular flexibility index (Phi) is 6.36. The number of benzene rings is 3. The smallest absolute Gasteiger partial charge is 0.252 e. The number of rotatable bonds is 7. The number of carbonyl (C=O) groups excluding carboxylic acids is 1. The molecule has 7 nitrogen and oxygen atoms in total. The number of nitrogens with zero attached hydrogens (tertiary/aromatic N) is 2. The highest BCUT2D eigenvalue weighted by Crippen LogP contribution is 2.34. The fourth-order valence-corrected chi connectivity index (χ4v) is 4.15. The molecule has 5 aromatic rings. The van der Waals surface area contributed by atoms with E-state index >= 15 is 0 Å². The highest BCUT2D eigenvalue weighted by molar-refractivity contribution is 6.11. The lowest BCUT2D eigenvalue weighted by atomic mass is 10.0. The fourth-order valence-electron chi connectivity index (χ4n) is 4.15. The molecule has 180 valence electrons. The zero-order valence-electron chi connectivity index (χ0n) is 20.3. The monoisotopic (exact) mass is 478 g/mol. The van der Waals surface area contributed by atoms with E-state index in [4.69, 9.17) is 14.5 Å². The van der Waals surface area contributed by atoms with Crippen LogP contribution in [-0.2, 0) is 6.54 Å². The number of aryl methyl sites for hydroxylation is 1. The van der Waals surface area contributed by atoms with Crippen LogP contribution in [0.25, 0.3) is 33.5 Å². The Hall–Kier alpha value is -4.65. The number of amides is 1. The first kappa shape index (κ1) is 23.1. The van der Waals surface area contributed by atoms with Gasteiger partial charge in [0.25, 0.3) is 5.91 Å². The van der Waals surface area contributed by atoms with Gasteiger partial charge in [-0.3, -0.25) is 9.89 Å². The molecule has 2 N–H and O–H groups in total. The molecule has 0 fully saturated rings. The van der Waals surface area contributed by atoms with Crippen LogP contribution in [-0.4, -0.2) is 35.3 Å². The Morgan fingerprint density at radius 3 is 2.42 bits per heavy atom. The van der Waals surface area contributed by atoms with E-state index in [1.807, 2.05) is 79.7 Å². The van der Waals surface area contributed by atoms with Crippen molar-refractivity contribution < 1.29 is 14.3 Å². The molecule has 36 heavy (non-hydrogen) atoms. The van der Waals surface area contributed by atoms with Crippen molar-refractivity contribution in [3.8, 4) is 34.0 Å². The highest BCUT2D eigenvalue weighted by atomic mass is 16.5. The predicted molar refractivity (Wildman–Crippen MR) is 140 cm³/mol. The van der Waals surface area contributed by atoms with Gasteiger partial charge in [0.15, 0.2) is 5.65 Å². The second kappa shape index (κ2) is 9.92. The molecule has 1 amide bonds. The Labute approximate surface area is 209 Å². The minimum absolute atomic E-state index is 0.218. The van der Waals surface area contributed by atoms with Crippen LogP contribution in [0.15, 0.2) is 78.9 Å². The van der Waals surface area contributed by atoms with Gasteiger partial charge >= 0.3 is 0 Å². The lowest BCUT2D eigenvalue weighted by Gasteiger charge is -2.12. The van der Waals surface area contributed by atoms with E-state index in [0.29, 0.717) is 34.6 Å². The number of para-hydroxylation sites is 1. The number of hydrogen-bond donors (Lipinski definition) is 2. The average Bonchev–Trinajstić information content (AvgIpc) is 3.36. The molecule has 3 aromatic carbocycles. The summed E-state index contributed by atoms with van der Waals surface area (Å²) in [6.07, 6.45) is 0. The summed E-state index contributed by atoms with van der Waals surface area (Å²) in [6, 6.07) is 25.1. The Balaban J connectivity index is 1.59. The van der Waals surface area contributed by atoms with Crippen molar-refractivity contribution in [1.82, 2.24) is 20.5 Å². The van der Waals surface area contributed by atoms with Gasteiger partial charge in [0.2, 0.25) is 0 Å². The van der Waals surface area contributed by atoms with E-state index in [1.54, 1.807) is 20.3 Å². The van der Waals surface area contributed by atoms with Crippen LogP contribution in [0.2, 0.25) is 0 Å². The van der Waals surface area contributed by atoms with Gasteiger partial charge in [0.1, 0.15) is 11.5 Å². The third-order valence-electron chi connectivity index (χ3n) is 6.10. The first-order valence-corrected chi connectivity index (χ1v) is 11.6. The molecule has 7 heteroatoms. The molecule has 0 aliphatic heterocycles. The number of pyridine rings is 1. The summed E-state index contributed by atoms with van der Waals surface area (Å²) in [7, 11) is 3.24. The van der Waals surface area contributed by atoms with Crippen molar-refractivity contribution in [3.05, 3.63) is 95.6 Å². The minimum Gasteiger partial charge on any atom is -0.497 e. The number of carbonyl (C=O) groups is 1.